The van der Waals surface area contributed by atoms with Crippen LogP contribution in [0, 0.1) is 0 Å². The number of aromatic nitrogens is 1. The van der Waals surface area contributed by atoms with Gasteiger partial charge in [0.05, 0.1) is 6.54 Å². The predicted molar refractivity (Wildman–Crippen MR) is 84.1 cm³/mol. The van der Waals surface area contributed by atoms with Crippen molar-refractivity contribution < 1.29 is 14.3 Å². The number of ether oxygens (including phenoxy) is 1. The van der Waals surface area contributed by atoms with Crippen molar-refractivity contribution in [2.75, 3.05) is 13.1 Å². The van der Waals surface area contributed by atoms with Crippen molar-refractivity contribution >= 4 is 11.8 Å². The number of hydrogen-bond acceptors (Lipinski definition) is 4. The average molecular weight is 311 g/mol. The standard InChI is InChI=1S/C17H17N3O3/c18-16(21)12-2-1-3-13(10-12)17(22)20-9-6-15(11-20)23-14-4-7-19-8-5-14/h1-5,7-8,10,15H,6,9,11H2,(H2,18,21)/t15-/m1/s1. The van der Waals surface area contributed by atoms with E-state index in [4.69, 9.17) is 10.5 Å². The molecule has 1 aliphatic heterocycles. The van der Waals surface area contributed by atoms with Gasteiger partial charge in [0.25, 0.3) is 5.91 Å². The Morgan fingerprint density at radius 1 is 1.17 bits per heavy atom. The summed E-state index contributed by atoms with van der Waals surface area (Å²) in [5.74, 6) is 0.0870. The molecule has 6 nitrogen and oxygen atoms in total. The number of carbonyl (C=O) groups excluding carboxylic acids is 2. The van der Waals surface area contributed by atoms with Gasteiger partial charge in [-0.05, 0) is 30.3 Å². The molecule has 0 bridgehead atoms. The minimum absolute atomic E-state index is 0.0410. The molecular weight excluding hydrogens is 294 g/mol. The molecule has 3 rings (SSSR count). The summed E-state index contributed by atoms with van der Waals surface area (Å²) in [6, 6.07) is 10.1. The van der Waals surface area contributed by atoms with E-state index in [1.807, 2.05) is 0 Å². The van der Waals surface area contributed by atoms with Gasteiger partial charge < -0.3 is 15.4 Å². The minimum Gasteiger partial charge on any atom is -0.488 e. The van der Waals surface area contributed by atoms with Gasteiger partial charge in [-0.25, -0.2) is 0 Å². The zero-order valence-corrected chi connectivity index (χ0v) is 12.5. The number of carbonyl (C=O) groups is 2. The molecule has 2 N–H and O–H groups in total. The summed E-state index contributed by atoms with van der Waals surface area (Å²) in [6.07, 6.45) is 4.06. The Labute approximate surface area is 133 Å². The lowest BCUT2D eigenvalue weighted by atomic mass is 10.1. The van der Waals surface area contributed by atoms with Crippen molar-refractivity contribution in [1.82, 2.24) is 9.88 Å². The van der Waals surface area contributed by atoms with Crippen molar-refractivity contribution in [1.29, 1.82) is 0 Å². The Morgan fingerprint density at radius 2 is 1.91 bits per heavy atom. The Morgan fingerprint density at radius 3 is 2.65 bits per heavy atom. The second-order valence-corrected chi connectivity index (χ2v) is 5.41. The van der Waals surface area contributed by atoms with Gasteiger partial charge in [-0.2, -0.15) is 0 Å². The predicted octanol–water partition coefficient (Wildman–Crippen LogP) is 1.47. The minimum atomic E-state index is -0.542. The van der Waals surface area contributed by atoms with E-state index in [-0.39, 0.29) is 12.0 Å². The summed E-state index contributed by atoms with van der Waals surface area (Å²) >= 11 is 0. The number of benzene rings is 1. The number of amides is 2. The molecule has 1 aromatic carbocycles. The normalized spacial score (nSPS) is 17.0. The van der Waals surface area contributed by atoms with Crippen LogP contribution in [0.4, 0.5) is 0 Å². The molecule has 1 aromatic heterocycles. The zero-order valence-electron chi connectivity index (χ0n) is 12.5. The topological polar surface area (TPSA) is 85.5 Å². The van der Waals surface area contributed by atoms with Crippen LogP contribution in [0.5, 0.6) is 5.75 Å². The number of rotatable bonds is 4. The van der Waals surface area contributed by atoms with Gasteiger partial charge in [-0.15, -0.1) is 0 Å². The van der Waals surface area contributed by atoms with Crippen molar-refractivity contribution in [3.8, 4) is 5.75 Å². The summed E-state index contributed by atoms with van der Waals surface area (Å²) in [6.45, 7) is 1.14. The van der Waals surface area contributed by atoms with Gasteiger partial charge >= 0.3 is 0 Å². The highest BCUT2D eigenvalue weighted by molar-refractivity contribution is 5.99. The van der Waals surface area contributed by atoms with Crippen LogP contribution >= 0.6 is 0 Å². The molecule has 0 spiro atoms. The summed E-state index contributed by atoms with van der Waals surface area (Å²) < 4.78 is 5.85. The summed E-state index contributed by atoms with van der Waals surface area (Å²) in [5, 5.41) is 0. The third-order valence-corrected chi connectivity index (χ3v) is 3.78. The number of likely N-dealkylation sites (tertiary alicyclic amines) is 1. The summed E-state index contributed by atoms with van der Waals surface area (Å²) in [5.41, 5.74) is 6.05. The molecule has 6 heteroatoms. The molecule has 2 amide bonds. The molecule has 0 radical (unpaired) electrons. The lowest BCUT2D eigenvalue weighted by Crippen LogP contribution is -2.31. The van der Waals surface area contributed by atoms with Crippen molar-refractivity contribution in [2.45, 2.75) is 12.5 Å². The van der Waals surface area contributed by atoms with Crippen LogP contribution in [-0.2, 0) is 0 Å². The van der Waals surface area contributed by atoms with Crippen LogP contribution in [0.25, 0.3) is 0 Å². The van der Waals surface area contributed by atoms with Gasteiger partial charge in [0.15, 0.2) is 0 Å². The molecule has 23 heavy (non-hydrogen) atoms. The number of hydrogen-bond donors (Lipinski definition) is 1. The van der Waals surface area contributed by atoms with Gasteiger partial charge in [-0.1, -0.05) is 6.07 Å². The maximum absolute atomic E-state index is 12.5. The van der Waals surface area contributed by atoms with Gasteiger partial charge in [0, 0.05) is 36.5 Å². The Balaban J connectivity index is 1.65. The van der Waals surface area contributed by atoms with Crippen molar-refractivity contribution in [2.24, 2.45) is 5.73 Å². The highest BCUT2D eigenvalue weighted by atomic mass is 16.5. The van der Waals surface area contributed by atoms with E-state index < -0.39 is 5.91 Å². The fraction of sp³-hybridized carbons (Fsp3) is 0.235. The van der Waals surface area contributed by atoms with Gasteiger partial charge in [-0.3, -0.25) is 14.6 Å². The highest BCUT2D eigenvalue weighted by Crippen LogP contribution is 2.19. The molecule has 1 fully saturated rings. The van der Waals surface area contributed by atoms with E-state index in [2.05, 4.69) is 4.98 Å². The SMILES string of the molecule is NC(=O)c1cccc(C(=O)N2CC[C@@H](Oc3ccncc3)C2)c1. The van der Waals surface area contributed by atoms with E-state index in [0.717, 1.165) is 12.2 Å². The van der Waals surface area contributed by atoms with E-state index in [1.54, 1.807) is 47.6 Å². The Hall–Kier alpha value is -2.89. The smallest absolute Gasteiger partial charge is 0.254 e. The maximum Gasteiger partial charge on any atom is 0.254 e. The fourth-order valence-electron chi connectivity index (χ4n) is 2.61. The number of nitrogens with zero attached hydrogens (tertiary/aromatic N) is 2. The number of nitrogens with two attached hydrogens (primary N) is 1. The molecule has 0 unspecified atom stereocenters. The summed E-state index contributed by atoms with van der Waals surface area (Å²) in [7, 11) is 0. The first-order chi connectivity index (χ1) is 11.1. The van der Waals surface area contributed by atoms with Gasteiger partial charge in [0.1, 0.15) is 11.9 Å². The Kier molecular flexibility index (Phi) is 4.23. The third-order valence-electron chi connectivity index (χ3n) is 3.78. The highest BCUT2D eigenvalue weighted by Gasteiger charge is 2.28. The van der Waals surface area contributed by atoms with Crippen molar-refractivity contribution in [3.63, 3.8) is 0 Å². The molecule has 2 aromatic rings. The molecule has 1 atom stereocenters. The monoisotopic (exact) mass is 311 g/mol. The zero-order chi connectivity index (χ0) is 16.2. The summed E-state index contributed by atoms with van der Waals surface area (Å²) in [4.78, 5) is 29.4. The molecule has 1 saturated heterocycles. The molecule has 1 aliphatic rings. The fourth-order valence-corrected chi connectivity index (χ4v) is 2.61. The van der Waals surface area contributed by atoms with Crippen molar-refractivity contribution in [3.05, 3.63) is 59.9 Å². The lowest BCUT2D eigenvalue weighted by molar-refractivity contribution is 0.0772. The molecule has 0 saturated carbocycles. The lowest BCUT2D eigenvalue weighted by Gasteiger charge is -2.17. The van der Waals surface area contributed by atoms with E-state index >= 15 is 0 Å². The first-order valence-electron chi connectivity index (χ1n) is 7.39. The molecule has 0 aliphatic carbocycles. The third kappa shape index (κ3) is 3.48. The van der Waals surface area contributed by atoms with E-state index in [1.165, 1.54) is 6.07 Å². The van der Waals surface area contributed by atoms with Gasteiger partial charge in [0.2, 0.25) is 5.91 Å². The Bertz CT molecular complexity index is 718. The van der Waals surface area contributed by atoms with E-state index in [9.17, 15) is 9.59 Å². The van der Waals surface area contributed by atoms with Crippen LogP contribution < -0.4 is 10.5 Å². The largest absolute Gasteiger partial charge is 0.488 e. The number of primary amides is 1. The molecule has 2 heterocycles. The quantitative estimate of drug-likeness (QED) is 0.926. The van der Waals surface area contributed by atoms with Crippen LogP contribution in [0.2, 0.25) is 0 Å². The maximum atomic E-state index is 12.5. The second-order valence-electron chi connectivity index (χ2n) is 5.41. The van der Waals surface area contributed by atoms with Crippen LogP contribution in [-0.4, -0.2) is 40.9 Å². The first kappa shape index (κ1) is 15.0. The van der Waals surface area contributed by atoms with Crippen LogP contribution in [0.1, 0.15) is 27.1 Å². The van der Waals surface area contributed by atoms with E-state index in [0.29, 0.717) is 24.2 Å². The van der Waals surface area contributed by atoms with Crippen LogP contribution in [0.15, 0.2) is 48.8 Å². The average Bonchev–Trinajstić information content (AvgIpc) is 3.03. The van der Waals surface area contributed by atoms with Crippen LogP contribution in [0.3, 0.4) is 0 Å². The molecular formula is C17H17N3O3. The second kappa shape index (κ2) is 6.48. The molecule has 118 valence electrons. The first-order valence-corrected chi connectivity index (χ1v) is 7.39. The number of pyridine rings is 1.